The summed E-state index contributed by atoms with van der Waals surface area (Å²) in [5.41, 5.74) is 0.801. The topological polar surface area (TPSA) is 70.4 Å². The molecule has 18 heavy (non-hydrogen) atoms. The van der Waals surface area contributed by atoms with Gasteiger partial charge >= 0.3 is 5.97 Å². The highest BCUT2D eigenvalue weighted by Gasteiger charge is 2.25. The molecule has 0 aliphatic heterocycles. The van der Waals surface area contributed by atoms with Gasteiger partial charge < -0.3 is 10.2 Å². The molecule has 2 atom stereocenters. The van der Waals surface area contributed by atoms with Gasteiger partial charge in [-0.1, -0.05) is 24.6 Å². The Balaban J connectivity index is 2.02. The van der Waals surface area contributed by atoms with Gasteiger partial charge in [0, 0.05) is 10.1 Å². The summed E-state index contributed by atoms with van der Waals surface area (Å²) in [6.45, 7) is 1.84. The second kappa shape index (κ2) is 6.04. The Bertz CT molecular complexity index is 433. The van der Waals surface area contributed by atoms with Crippen LogP contribution in [0.25, 0.3) is 0 Å². The highest BCUT2D eigenvalue weighted by atomic mass is 32.2. The number of hydrogen-bond acceptors (Lipinski definition) is 5. The van der Waals surface area contributed by atoms with Gasteiger partial charge in [0.05, 0.1) is 18.2 Å². The molecule has 0 bridgehead atoms. The number of aliphatic hydroxyl groups is 1. The fourth-order valence-corrected chi connectivity index (χ4v) is 4.77. The van der Waals surface area contributed by atoms with Crippen molar-refractivity contribution in [2.75, 3.05) is 0 Å². The quantitative estimate of drug-likeness (QED) is 0.890. The van der Waals surface area contributed by atoms with Crippen LogP contribution in [-0.4, -0.2) is 32.5 Å². The predicted molar refractivity (Wildman–Crippen MR) is 72.3 cm³/mol. The molecule has 0 aromatic carbocycles. The normalized spacial score (nSPS) is 24.1. The van der Waals surface area contributed by atoms with Gasteiger partial charge in [-0.25, -0.2) is 4.98 Å². The summed E-state index contributed by atoms with van der Waals surface area (Å²) < 4.78 is 0.884. The number of hydrogen-bond donors (Lipinski definition) is 2. The van der Waals surface area contributed by atoms with Crippen LogP contribution in [0, 0.1) is 6.92 Å². The van der Waals surface area contributed by atoms with E-state index in [0.29, 0.717) is 0 Å². The summed E-state index contributed by atoms with van der Waals surface area (Å²) in [5.74, 6) is -0.823. The zero-order valence-corrected chi connectivity index (χ0v) is 11.9. The summed E-state index contributed by atoms with van der Waals surface area (Å²) in [7, 11) is 0. The number of aryl methyl sites for hydroxylation is 1. The van der Waals surface area contributed by atoms with E-state index in [9.17, 15) is 9.90 Å². The number of aliphatic hydroxyl groups excluding tert-OH is 1. The van der Waals surface area contributed by atoms with Gasteiger partial charge in [-0.3, -0.25) is 4.79 Å². The highest BCUT2D eigenvalue weighted by Crippen LogP contribution is 2.36. The molecule has 1 aromatic heterocycles. The first-order valence-electron chi connectivity index (χ1n) is 6.09. The summed E-state index contributed by atoms with van der Waals surface area (Å²) in [6.07, 6.45) is 3.91. The van der Waals surface area contributed by atoms with Gasteiger partial charge in [0.15, 0.2) is 4.34 Å². The number of rotatable bonds is 4. The van der Waals surface area contributed by atoms with Crippen molar-refractivity contribution in [1.29, 1.82) is 0 Å². The van der Waals surface area contributed by atoms with E-state index in [0.717, 1.165) is 40.6 Å². The lowest BCUT2D eigenvalue weighted by molar-refractivity contribution is -0.136. The summed E-state index contributed by atoms with van der Waals surface area (Å²) in [6, 6.07) is 0. The minimum Gasteiger partial charge on any atom is -0.481 e. The minimum absolute atomic E-state index is 0.0390. The molecule has 4 nitrogen and oxygen atoms in total. The smallest absolute Gasteiger partial charge is 0.308 e. The second-order valence-corrected chi connectivity index (χ2v) is 7.14. The molecule has 0 amide bonds. The van der Waals surface area contributed by atoms with Crippen LogP contribution in [0.4, 0.5) is 0 Å². The number of aliphatic carboxylic acids is 1. The van der Waals surface area contributed by atoms with Gasteiger partial charge in [-0.2, -0.15) is 0 Å². The zero-order chi connectivity index (χ0) is 13.1. The molecule has 100 valence electrons. The number of nitrogens with zero attached hydrogens (tertiary/aromatic N) is 1. The summed E-state index contributed by atoms with van der Waals surface area (Å²) in [5, 5.41) is 18.9. The van der Waals surface area contributed by atoms with Gasteiger partial charge in [-0.05, 0) is 19.8 Å². The van der Waals surface area contributed by atoms with E-state index in [1.165, 1.54) is 11.3 Å². The number of carboxylic acids is 1. The van der Waals surface area contributed by atoms with Crippen LogP contribution in [0.2, 0.25) is 0 Å². The molecule has 2 unspecified atom stereocenters. The van der Waals surface area contributed by atoms with Crippen molar-refractivity contribution in [2.24, 2.45) is 0 Å². The minimum atomic E-state index is -0.823. The number of carboxylic acid groups (broad SMARTS) is 1. The predicted octanol–water partition coefficient (Wildman–Crippen LogP) is 2.47. The van der Waals surface area contributed by atoms with E-state index in [1.54, 1.807) is 11.8 Å². The van der Waals surface area contributed by atoms with Crippen molar-refractivity contribution in [2.45, 2.75) is 54.7 Å². The first kappa shape index (κ1) is 13.8. The number of thioether (sulfide) groups is 1. The average molecular weight is 287 g/mol. The third kappa shape index (κ3) is 3.46. The summed E-state index contributed by atoms with van der Waals surface area (Å²) >= 11 is 3.04. The zero-order valence-electron chi connectivity index (χ0n) is 10.3. The van der Waals surface area contributed by atoms with Crippen LogP contribution in [0.1, 0.15) is 36.3 Å². The maximum atomic E-state index is 10.7. The van der Waals surface area contributed by atoms with E-state index in [-0.39, 0.29) is 17.8 Å². The molecule has 1 aromatic rings. The largest absolute Gasteiger partial charge is 0.481 e. The molecular formula is C12H17NO3S2. The molecule has 0 radical (unpaired) electrons. The van der Waals surface area contributed by atoms with Gasteiger partial charge in [0.2, 0.25) is 0 Å². The Hall–Kier alpha value is -0.590. The molecule has 6 heteroatoms. The molecule has 1 aliphatic carbocycles. The fraction of sp³-hybridized carbons (Fsp3) is 0.667. The standard InChI is InChI=1S/C12H17NO3S2/c1-7-10(6-11(15)16)18-12(13-7)17-9-5-3-2-4-8(9)14/h8-9,14H,2-6H2,1H3,(H,15,16). The molecule has 1 fully saturated rings. The Labute approximate surface area is 114 Å². The molecule has 1 heterocycles. The Morgan fingerprint density at radius 1 is 1.50 bits per heavy atom. The van der Waals surface area contributed by atoms with E-state index in [1.807, 2.05) is 6.92 Å². The van der Waals surface area contributed by atoms with Crippen LogP contribution in [0.15, 0.2) is 4.34 Å². The maximum absolute atomic E-state index is 10.7. The first-order chi connectivity index (χ1) is 8.56. The summed E-state index contributed by atoms with van der Waals surface area (Å²) in [4.78, 5) is 15.9. The average Bonchev–Trinajstić information content (AvgIpc) is 2.62. The van der Waals surface area contributed by atoms with E-state index in [2.05, 4.69) is 4.98 Å². The lowest BCUT2D eigenvalue weighted by Gasteiger charge is -2.25. The molecule has 1 aliphatic rings. The van der Waals surface area contributed by atoms with E-state index < -0.39 is 5.97 Å². The van der Waals surface area contributed by atoms with Crippen molar-refractivity contribution in [3.63, 3.8) is 0 Å². The van der Waals surface area contributed by atoms with Gasteiger partial charge in [0.25, 0.3) is 0 Å². The SMILES string of the molecule is Cc1nc(SC2CCCCC2O)sc1CC(=O)O. The maximum Gasteiger partial charge on any atom is 0.308 e. The van der Waals surface area contributed by atoms with E-state index >= 15 is 0 Å². The number of carbonyl (C=O) groups is 1. The Morgan fingerprint density at radius 2 is 2.22 bits per heavy atom. The molecule has 0 spiro atoms. The molecule has 0 saturated heterocycles. The van der Waals surface area contributed by atoms with Gasteiger partial charge in [0.1, 0.15) is 0 Å². The number of thiazole rings is 1. The Kier molecular flexibility index (Phi) is 4.64. The van der Waals surface area contributed by atoms with Crippen LogP contribution in [0.3, 0.4) is 0 Å². The van der Waals surface area contributed by atoms with Crippen molar-refractivity contribution in [3.8, 4) is 0 Å². The van der Waals surface area contributed by atoms with Crippen molar-refractivity contribution in [1.82, 2.24) is 4.98 Å². The third-order valence-corrected chi connectivity index (χ3v) is 5.74. The fourth-order valence-electron chi connectivity index (χ4n) is 2.10. The lowest BCUT2D eigenvalue weighted by Crippen LogP contribution is -2.26. The van der Waals surface area contributed by atoms with Gasteiger partial charge in [-0.15, -0.1) is 11.3 Å². The molecular weight excluding hydrogens is 270 g/mol. The van der Waals surface area contributed by atoms with E-state index in [4.69, 9.17) is 5.11 Å². The molecule has 1 saturated carbocycles. The van der Waals surface area contributed by atoms with Crippen LogP contribution in [0.5, 0.6) is 0 Å². The Morgan fingerprint density at radius 3 is 2.89 bits per heavy atom. The first-order valence-corrected chi connectivity index (χ1v) is 7.78. The monoisotopic (exact) mass is 287 g/mol. The van der Waals surface area contributed by atoms with Crippen LogP contribution >= 0.6 is 23.1 Å². The van der Waals surface area contributed by atoms with Crippen LogP contribution < -0.4 is 0 Å². The van der Waals surface area contributed by atoms with Crippen molar-refractivity contribution >= 4 is 29.1 Å². The number of aromatic nitrogens is 1. The molecule has 2 rings (SSSR count). The van der Waals surface area contributed by atoms with Crippen molar-refractivity contribution < 1.29 is 15.0 Å². The van der Waals surface area contributed by atoms with Crippen molar-refractivity contribution in [3.05, 3.63) is 10.6 Å². The molecule has 2 N–H and O–H groups in total. The van der Waals surface area contributed by atoms with Crippen LogP contribution in [-0.2, 0) is 11.2 Å². The third-order valence-electron chi connectivity index (χ3n) is 3.10. The highest BCUT2D eigenvalue weighted by molar-refractivity contribution is 8.01. The lowest BCUT2D eigenvalue weighted by atomic mass is 9.97. The second-order valence-electron chi connectivity index (χ2n) is 4.57.